The van der Waals surface area contributed by atoms with Crippen molar-refractivity contribution >= 4 is 22.9 Å². The molecular formula is C20H19F3N4O2. The van der Waals surface area contributed by atoms with Crippen LogP contribution >= 0.6 is 0 Å². The first-order chi connectivity index (χ1) is 13.9. The molecule has 0 unspecified atom stereocenters. The van der Waals surface area contributed by atoms with Crippen LogP contribution in [0.2, 0.25) is 0 Å². The van der Waals surface area contributed by atoms with E-state index in [4.69, 9.17) is 4.74 Å². The van der Waals surface area contributed by atoms with E-state index in [2.05, 4.69) is 19.9 Å². The van der Waals surface area contributed by atoms with E-state index >= 15 is 0 Å². The van der Waals surface area contributed by atoms with Crippen molar-refractivity contribution in [3.05, 3.63) is 52.1 Å². The summed E-state index contributed by atoms with van der Waals surface area (Å²) in [5.41, 5.74) is 1.22. The van der Waals surface area contributed by atoms with Crippen molar-refractivity contribution in [2.75, 3.05) is 6.61 Å². The van der Waals surface area contributed by atoms with E-state index in [1.54, 1.807) is 24.4 Å². The molecule has 1 saturated carbocycles. The largest absolute Gasteiger partial charge is 0.477 e. The zero-order valence-electron chi connectivity index (χ0n) is 15.4. The Kier molecular flexibility index (Phi) is 5.12. The van der Waals surface area contributed by atoms with Crippen LogP contribution in [-0.4, -0.2) is 27.8 Å². The van der Waals surface area contributed by atoms with Gasteiger partial charge in [0.05, 0.1) is 23.3 Å². The molecule has 4 rings (SSSR count). The third-order valence-electron chi connectivity index (χ3n) is 4.68. The van der Waals surface area contributed by atoms with Crippen LogP contribution in [0.4, 0.5) is 18.9 Å². The van der Waals surface area contributed by atoms with Crippen LogP contribution in [0.1, 0.15) is 30.5 Å². The summed E-state index contributed by atoms with van der Waals surface area (Å²) in [5, 5.41) is 0. The molecule has 152 valence electrons. The molecule has 1 aliphatic rings. The fourth-order valence-electron chi connectivity index (χ4n) is 2.96. The number of hydrogen-bond donors (Lipinski definition) is 2. The molecule has 0 atom stereocenters. The second-order valence-electron chi connectivity index (χ2n) is 7.04. The number of benzene rings is 1. The molecule has 0 spiro atoms. The van der Waals surface area contributed by atoms with Crippen LogP contribution in [0.5, 0.6) is 5.88 Å². The van der Waals surface area contributed by atoms with Gasteiger partial charge in [0, 0.05) is 11.8 Å². The van der Waals surface area contributed by atoms with Crippen LogP contribution < -0.4 is 10.4 Å². The summed E-state index contributed by atoms with van der Waals surface area (Å²) >= 11 is 0. The number of halogens is 3. The average molecular weight is 404 g/mol. The molecule has 1 aliphatic carbocycles. The second kappa shape index (κ2) is 7.73. The number of aromatic nitrogens is 3. The lowest BCUT2D eigenvalue weighted by Crippen LogP contribution is -2.11. The normalized spacial score (nSPS) is 14.7. The molecule has 2 aromatic heterocycles. The zero-order valence-corrected chi connectivity index (χ0v) is 15.4. The van der Waals surface area contributed by atoms with Gasteiger partial charge in [-0.25, -0.2) is 9.78 Å². The fourth-order valence-corrected chi connectivity index (χ4v) is 2.96. The Bertz CT molecular complexity index is 1100. The number of para-hydroxylation sites is 1. The van der Waals surface area contributed by atoms with Gasteiger partial charge in [0.2, 0.25) is 5.88 Å². The van der Waals surface area contributed by atoms with Gasteiger partial charge in [0.15, 0.2) is 0 Å². The molecule has 2 N–H and O–H groups in total. The summed E-state index contributed by atoms with van der Waals surface area (Å²) in [6, 6.07) is 7.70. The maximum absolute atomic E-state index is 13.0. The lowest BCUT2D eigenvalue weighted by Gasteiger charge is -2.13. The molecule has 3 aromatic rings. The maximum atomic E-state index is 13.0. The van der Waals surface area contributed by atoms with Gasteiger partial charge in [0.1, 0.15) is 5.69 Å². The molecular weight excluding hydrogens is 385 g/mol. The van der Waals surface area contributed by atoms with Crippen LogP contribution in [0.3, 0.4) is 0 Å². The fraction of sp³-hybridized carbons (Fsp3) is 0.350. The molecule has 29 heavy (non-hydrogen) atoms. The number of hydrogen-bond acceptors (Lipinski definition) is 4. The summed E-state index contributed by atoms with van der Waals surface area (Å²) < 4.78 is 44.5. The van der Waals surface area contributed by atoms with Gasteiger partial charge < -0.3 is 14.7 Å². The smallest absolute Gasteiger partial charge is 0.433 e. The monoisotopic (exact) mass is 404 g/mol. The van der Waals surface area contributed by atoms with E-state index in [0.29, 0.717) is 47.7 Å². The molecule has 0 saturated heterocycles. The highest BCUT2D eigenvalue weighted by atomic mass is 19.4. The lowest BCUT2D eigenvalue weighted by atomic mass is 10.1. The first-order valence-electron chi connectivity index (χ1n) is 9.33. The van der Waals surface area contributed by atoms with Crippen LogP contribution in [0.15, 0.2) is 40.1 Å². The Hall–Kier alpha value is -3.10. The highest BCUT2D eigenvalue weighted by Crippen LogP contribution is 2.33. The van der Waals surface area contributed by atoms with Gasteiger partial charge in [-0.15, -0.1) is 0 Å². The van der Waals surface area contributed by atoms with Crippen LogP contribution in [-0.2, 0) is 12.6 Å². The standard InChI is InChI=1S/C20H19F3N4O2/c21-20(22,23)16-9-8-13(18(26-16)29-11-12-6-7-12)3-2-10-24-14-4-1-5-15-17(14)27-19(28)25-15/h1,4-5,8-10,12H,2-3,6-7,11H2,(H2,25,27,28). The number of alkyl halides is 3. The van der Waals surface area contributed by atoms with E-state index in [1.165, 1.54) is 6.07 Å². The number of imidazole rings is 1. The van der Waals surface area contributed by atoms with Crippen molar-refractivity contribution in [1.82, 2.24) is 15.0 Å². The quantitative estimate of drug-likeness (QED) is 0.573. The number of nitrogens with zero attached hydrogens (tertiary/aromatic N) is 2. The zero-order chi connectivity index (χ0) is 20.4. The molecule has 2 heterocycles. The average Bonchev–Trinajstić information content (AvgIpc) is 3.42. The Labute approximate surface area is 163 Å². The van der Waals surface area contributed by atoms with Gasteiger partial charge in [0.25, 0.3) is 0 Å². The summed E-state index contributed by atoms with van der Waals surface area (Å²) in [5.74, 6) is 0.446. The number of rotatable bonds is 7. The minimum absolute atomic E-state index is 0.0391. The predicted molar refractivity (Wildman–Crippen MR) is 103 cm³/mol. The number of ether oxygens (including phenoxy) is 1. The summed E-state index contributed by atoms with van der Waals surface area (Å²) in [6.45, 7) is 0.387. The van der Waals surface area contributed by atoms with Gasteiger partial charge in [-0.3, -0.25) is 4.99 Å². The second-order valence-corrected chi connectivity index (χ2v) is 7.04. The summed E-state index contributed by atoms with van der Waals surface area (Å²) in [6.07, 6.45) is 0.153. The van der Waals surface area contributed by atoms with E-state index < -0.39 is 11.9 Å². The van der Waals surface area contributed by atoms with Gasteiger partial charge in [-0.2, -0.15) is 13.2 Å². The van der Waals surface area contributed by atoms with Crippen molar-refractivity contribution in [2.24, 2.45) is 10.9 Å². The lowest BCUT2D eigenvalue weighted by molar-refractivity contribution is -0.141. The highest BCUT2D eigenvalue weighted by Gasteiger charge is 2.33. The predicted octanol–water partition coefficient (Wildman–Crippen LogP) is 4.39. The number of aryl methyl sites for hydroxylation is 1. The maximum Gasteiger partial charge on any atom is 0.433 e. The first-order valence-corrected chi connectivity index (χ1v) is 9.33. The van der Waals surface area contributed by atoms with E-state index in [0.717, 1.165) is 18.9 Å². The Balaban J connectivity index is 1.47. The molecule has 0 aliphatic heterocycles. The Morgan fingerprint density at radius 2 is 2.03 bits per heavy atom. The first kappa shape index (κ1) is 19.2. The third kappa shape index (κ3) is 4.67. The Morgan fingerprint density at radius 3 is 2.79 bits per heavy atom. The SMILES string of the molecule is O=c1[nH]c2cccc(N=CCCc3ccc(C(F)(F)F)nc3OCC3CC3)c2[nH]1. The minimum Gasteiger partial charge on any atom is -0.477 e. The highest BCUT2D eigenvalue weighted by molar-refractivity contribution is 5.87. The topological polar surface area (TPSA) is 83.1 Å². The summed E-state index contributed by atoms with van der Waals surface area (Å²) in [7, 11) is 0. The van der Waals surface area contributed by atoms with Crippen molar-refractivity contribution in [3.63, 3.8) is 0 Å². The molecule has 1 aromatic carbocycles. The van der Waals surface area contributed by atoms with Crippen molar-refractivity contribution in [3.8, 4) is 5.88 Å². The number of fused-ring (bicyclic) bond motifs is 1. The number of pyridine rings is 1. The molecule has 0 amide bonds. The van der Waals surface area contributed by atoms with Gasteiger partial charge in [-0.05, 0) is 49.8 Å². The molecule has 0 bridgehead atoms. The van der Waals surface area contributed by atoms with Crippen LogP contribution in [0, 0.1) is 5.92 Å². The number of aliphatic imine (C=N–C) groups is 1. The molecule has 1 fully saturated rings. The van der Waals surface area contributed by atoms with Crippen molar-refractivity contribution in [2.45, 2.75) is 31.9 Å². The third-order valence-corrected chi connectivity index (χ3v) is 4.68. The van der Waals surface area contributed by atoms with Gasteiger partial charge in [-0.1, -0.05) is 12.1 Å². The van der Waals surface area contributed by atoms with Gasteiger partial charge >= 0.3 is 11.9 Å². The Morgan fingerprint density at radius 1 is 1.21 bits per heavy atom. The number of nitrogens with one attached hydrogen (secondary N) is 2. The minimum atomic E-state index is -4.51. The molecule has 9 heteroatoms. The van der Waals surface area contributed by atoms with Crippen molar-refractivity contribution in [1.29, 1.82) is 0 Å². The number of aromatic amines is 2. The summed E-state index contributed by atoms with van der Waals surface area (Å²) in [4.78, 5) is 24.9. The van der Waals surface area contributed by atoms with Crippen molar-refractivity contribution < 1.29 is 17.9 Å². The van der Waals surface area contributed by atoms with E-state index in [-0.39, 0.29) is 11.6 Å². The molecule has 0 radical (unpaired) electrons. The van der Waals surface area contributed by atoms with E-state index in [1.807, 2.05) is 0 Å². The molecule has 6 nitrogen and oxygen atoms in total. The number of H-pyrrole nitrogens is 2. The van der Waals surface area contributed by atoms with E-state index in [9.17, 15) is 18.0 Å². The van der Waals surface area contributed by atoms with Crippen LogP contribution in [0.25, 0.3) is 11.0 Å².